The van der Waals surface area contributed by atoms with E-state index in [0.29, 0.717) is 0 Å². The van der Waals surface area contributed by atoms with Gasteiger partial charge in [0, 0.05) is 15.0 Å². The number of alkyl halides is 9. The lowest BCUT2D eigenvalue weighted by molar-refractivity contribution is -0.394. The molecule has 186 valence electrons. The van der Waals surface area contributed by atoms with Gasteiger partial charge in [-0.3, -0.25) is 20.2 Å². The van der Waals surface area contributed by atoms with E-state index in [-0.39, 0.29) is 12.1 Å². The number of nitrogens with zero attached hydrogens (tertiary/aromatic N) is 2. The zero-order chi connectivity index (χ0) is 26.5. The molecule has 34 heavy (non-hydrogen) atoms. The highest BCUT2D eigenvalue weighted by atomic mass is 79.9. The van der Waals surface area contributed by atoms with E-state index in [9.17, 15) is 59.7 Å². The summed E-state index contributed by atoms with van der Waals surface area (Å²) in [5.41, 5.74) is -13.6. The molecule has 0 saturated carbocycles. The van der Waals surface area contributed by atoms with Gasteiger partial charge in [-0.2, -0.15) is 39.5 Å². The molecule has 0 saturated heterocycles. The minimum atomic E-state index is -5.84. The molecule has 19 heteroatoms. The number of anilines is 2. The van der Waals surface area contributed by atoms with Crippen LogP contribution in [0.5, 0.6) is 0 Å². The van der Waals surface area contributed by atoms with E-state index >= 15 is 0 Å². The fourth-order valence-electron chi connectivity index (χ4n) is 2.67. The molecule has 0 radical (unpaired) electrons. The van der Waals surface area contributed by atoms with Crippen LogP contribution in [0.4, 0.5) is 62.3 Å². The molecular formula is C15H3Br3F9N3O4. The van der Waals surface area contributed by atoms with Crippen molar-refractivity contribution in [2.45, 2.75) is 18.5 Å². The summed E-state index contributed by atoms with van der Waals surface area (Å²) in [5.74, 6) is 0. The van der Waals surface area contributed by atoms with Crippen molar-refractivity contribution in [1.29, 1.82) is 0 Å². The zero-order valence-corrected chi connectivity index (χ0v) is 20.0. The third-order valence-corrected chi connectivity index (χ3v) is 7.40. The van der Waals surface area contributed by atoms with Crippen LogP contribution >= 0.6 is 47.8 Å². The van der Waals surface area contributed by atoms with Gasteiger partial charge in [0.15, 0.2) is 0 Å². The van der Waals surface area contributed by atoms with Crippen LogP contribution in [-0.2, 0) is 18.5 Å². The number of non-ortho nitro benzene ring substituents is 1. The third kappa shape index (κ3) is 5.40. The van der Waals surface area contributed by atoms with Crippen LogP contribution in [0.15, 0.2) is 25.6 Å². The molecule has 0 atom stereocenters. The largest absolute Gasteiger partial charge is 0.419 e. The van der Waals surface area contributed by atoms with E-state index in [2.05, 4.69) is 47.8 Å². The maximum Gasteiger partial charge on any atom is 0.419 e. The second-order valence-corrected chi connectivity index (χ2v) is 8.47. The molecule has 0 aliphatic carbocycles. The average Bonchev–Trinajstić information content (AvgIpc) is 2.64. The first-order valence-corrected chi connectivity index (χ1v) is 10.2. The van der Waals surface area contributed by atoms with Crippen LogP contribution in [-0.4, -0.2) is 9.85 Å². The monoisotopic (exact) mass is 697 g/mol. The Morgan fingerprint density at radius 3 is 1.56 bits per heavy atom. The highest BCUT2D eigenvalue weighted by molar-refractivity contribution is 9.14. The molecule has 1 N–H and O–H groups in total. The number of halogens is 12. The minimum Gasteiger partial charge on any atom is -0.348 e. The van der Waals surface area contributed by atoms with Crippen LogP contribution in [0.1, 0.15) is 16.7 Å². The number of nitro groups is 2. The molecule has 0 amide bonds. The molecule has 7 nitrogen and oxygen atoms in total. The summed E-state index contributed by atoms with van der Waals surface area (Å²) in [5, 5.41) is 23.6. The Balaban J connectivity index is 3.09. The molecule has 0 unspecified atom stereocenters. The number of hydrogen-bond acceptors (Lipinski definition) is 5. The van der Waals surface area contributed by atoms with Gasteiger partial charge in [-0.1, -0.05) is 0 Å². The number of benzene rings is 2. The van der Waals surface area contributed by atoms with Crippen molar-refractivity contribution in [3.63, 3.8) is 0 Å². The first-order valence-electron chi connectivity index (χ1n) is 7.85. The van der Waals surface area contributed by atoms with Gasteiger partial charge in [0.05, 0.1) is 42.8 Å². The number of rotatable bonds is 4. The van der Waals surface area contributed by atoms with Crippen molar-refractivity contribution in [2.24, 2.45) is 0 Å². The molecule has 2 aromatic rings. The van der Waals surface area contributed by atoms with Gasteiger partial charge in [0.1, 0.15) is 5.69 Å². The normalized spacial score (nSPS) is 12.6. The summed E-state index contributed by atoms with van der Waals surface area (Å²) >= 11 is 7.47. The SMILES string of the molecule is O=[N+]([O-])c1cc([N+](=O)[O-])c(Nc2c(Br)c(Br)c(Br)c(C(F)(F)F)c2C(F)(F)F)c(C(F)(F)F)c1. The summed E-state index contributed by atoms with van der Waals surface area (Å²) in [6, 6.07) is -0.202. The average molecular weight is 700 g/mol. The van der Waals surface area contributed by atoms with Gasteiger partial charge >= 0.3 is 18.5 Å². The summed E-state index contributed by atoms with van der Waals surface area (Å²) < 4.78 is 120. The van der Waals surface area contributed by atoms with E-state index in [1.165, 1.54) is 5.32 Å². The van der Waals surface area contributed by atoms with E-state index in [4.69, 9.17) is 0 Å². The summed E-state index contributed by atoms with van der Waals surface area (Å²) in [4.78, 5) is 19.2. The van der Waals surface area contributed by atoms with Gasteiger partial charge in [-0.15, -0.1) is 0 Å². The molecule has 2 rings (SSSR count). The van der Waals surface area contributed by atoms with Crippen molar-refractivity contribution in [2.75, 3.05) is 5.32 Å². The van der Waals surface area contributed by atoms with Crippen molar-refractivity contribution >= 4 is 70.5 Å². The maximum atomic E-state index is 13.8. The molecule has 0 aliphatic heterocycles. The van der Waals surface area contributed by atoms with Crippen molar-refractivity contribution < 1.29 is 49.4 Å². The second kappa shape index (κ2) is 9.14. The lowest BCUT2D eigenvalue weighted by Crippen LogP contribution is -2.21. The first kappa shape index (κ1) is 28.1. The lowest BCUT2D eigenvalue weighted by Gasteiger charge is -2.24. The van der Waals surface area contributed by atoms with Crippen molar-refractivity contribution in [3.8, 4) is 0 Å². The smallest absolute Gasteiger partial charge is 0.348 e. The fraction of sp³-hybridized carbons (Fsp3) is 0.200. The quantitative estimate of drug-likeness (QED) is 0.149. The number of nitrogens with one attached hydrogen (secondary N) is 1. The Morgan fingerprint density at radius 1 is 0.676 bits per heavy atom. The molecule has 2 aromatic carbocycles. The Kier molecular flexibility index (Phi) is 7.55. The Morgan fingerprint density at radius 2 is 1.18 bits per heavy atom. The maximum absolute atomic E-state index is 13.8. The van der Waals surface area contributed by atoms with Crippen LogP contribution < -0.4 is 5.32 Å². The van der Waals surface area contributed by atoms with Gasteiger partial charge in [0.2, 0.25) is 0 Å². The number of hydrogen-bond donors (Lipinski definition) is 1. The number of nitro benzene ring substituents is 2. The van der Waals surface area contributed by atoms with E-state index in [1.807, 2.05) is 0 Å². The Bertz CT molecular complexity index is 1200. The zero-order valence-electron chi connectivity index (χ0n) is 15.2. The van der Waals surface area contributed by atoms with E-state index < -0.39 is 81.2 Å². The second-order valence-electron chi connectivity index (χ2n) is 6.09. The molecule has 0 spiro atoms. The van der Waals surface area contributed by atoms with Gasteiger partial charge in [-0.05, 0) is 47.8 Å². The van der Waals surface area contributed by atoms with E-state index in [0.717, 1.165) is 0 Å². The molecule has 0 aromatic heterocycles. The Hall–Kier alpha value is -2.15. The first-order chi connectivity index (χ1) is 15.2. The molecule has 0 aliphatic rings. The van der Waals surface area contributed by atoms with Crippen LogP contribution in [0.3, 0.4) is 0 Å². The predicted octanol–water partition coefficient (Wildman–Crippen LogP) is 8.59. The van der Waals surface area contributed by atoms with Crippen molar-refractivity contribution in [1.82, 2.24) is 0 Å². The predicted molar refractivity (Wildman–Crippen MR) is 108 cm³/mol. The van der Waals surface area contributed by atoms with Crippen LogP contribution in [0.2, 0.25) is 0 Å². The molecular weight excluding hydrogens is 697 g/mol. The summed E-state index contributed by atoms with van der Waals surface area (Å²) in [6.07, 6.45) is -17.1. The Labute approximate surface area is 206 Å². The van der Waals surface area contributed by atoms with Gasteiger partial charge in [0.25, 0.3) is 11.4 Å². The third-order valence-electron chi connectivity index (χ3n) is 3.96. The minimum absolute atomic E-state index is 0.0112. The van der Waals surface area contributed by atoms with Crippen molar-refractivity contribution in [3.05, 3.63) is 62.5 Å². The summed E-state index contributed by atoms with van der Waals surface area (Å²) in [7, 11) is 0. The summed E-state index contributed by atoms with van der Waals surface area (Å²) in [6.45, 7) is 0. The van der Waals surface area contributed by atoms with Crippen LogP contribution in [0.25, 0.3) is 0 Å². The lowest BCUT2D eigenvalue weighted by atomic mass is 10.0. The molecule has 0 heterocycles. The fourth-order valence-corrected chi connectivity index (χ4v) is 4.45. The highest BCUT2D eigenvalue weighted by Crippen LogP contribution is 2.55. The van der Waals surface area contributed by atoms with Crippen LogP contribution in [0, 0.1) is 20.2 Å². The molecule has 0 fully saturated rings. The topological polar surface area (TPSA) is 98.3 Å². The van der Waals surface area contributed by atoms with E-state index in [1.54, 1.807) is 0 Å². The molecule has 0 bridgehead atoms. The van der Waals surface area contributed by atoms with Gasteiger partial charge in [-0.25, -0.2) is 0 Å². The highest BCUT2D eigenvalue weighted by Gasteiger charge is 2.49. The standard InChI is InChI=1S/C15H3Br3F9N3O4/c16-8-6(14(22,23)24)7(15(25,26)27)12(10(18)9(8)17)28-11-4(13(19,20)21)1-3(29(31)32)2-5(11)30(33)34/h1-2,28H. The van der Waals surface area contributed by atoms with Gasteiger partial charge < -0.3 is 5.32 Å².